The molecule has 0 fully saturated rings. The molecule has 0 saturated heterocycles. The lowest BCUT2D eigenvalue weighted by Crippen LogP contribution is -2.25. The molecule has 2 aromatic rings. The quantitative estimate of drug-likeness (QED) is 0.499. The first-order chi connectivity index (χ1) is 12.1. The summed E-state index contributed by atoms with van der Waals surface area (Å²) >= 11 is 0. The summed E-state index contributed by atoms with van der Waals surface area (Å²) in [6.45, 7) is 3.23. The molecule has 8 nitrogen and oxygen atoms in total. The summed E-state index contributed by atoms with van der Waals surface area (Å²) < 4.78 is 0. The molecule has 0 aliphatic rings. The maximum absolute atomic E-state index is 5.92. The van der Waals surface area contributed by atoms with Gasteiger partial charge in [0.2, 0.25) is 0 Å². The molecule has 0 aromatic carbocycles. The summed E-state index contributed by atoms with van der Waals surface area (Å²) in [5.74, 6) is 1.35. The number of allylic oxidation sites excluding steroid dienone is 1. The normalized spacial score (nSPS) is 12.7. The van der Waals surface area contributed by atoms with Gasteiger partial charge in [-0.25, -0.2) is 4.99 Å². The summed E-state index contributed by atoms with van der Waals surface area (Å²) in [7, 11) is 1.98. The van der Waals surface area contributed by atoms with Crippen LogP contribution in [0.5, 0.6) is 0 Å². The summed E-state index contributed by atoms with van der Waals surface area (Å²) in [6, 6.07) is 5.71. The number of aromatic amines is 1. The highest BCUT2D eigenvalue weighted by Gasteiger charge is 2.03. The SMILES string of the molecule is C/C=C/c1cc(N=C(N)CC(N)=NCCN(C)c2cccnc2)n[nH]1. The molecule has 0 radical (unpaired) electrons. The number of hydrogen-bond donors (Lipinski definition) is 3. The van der Waals surface area contributed by atoms with Gasteiger partial charge in [-0.05, 0) is 25.1 Å². The second-order valence-corrected chi connectivity index (χ2v) is 5.47. The van der Waals surface area contributed by atoms with Crippen LogP contribution in [-0.2, 0) is 0 Å². The van der Waals surface area contributed by atoms with Crippen LogP contribution < -0.4 is 16.4 Å². The molecule has 8 heteroatoms. The van der Waals surface area contributed by atoms with Crippen molar-refractivity contribution in [1.82, 2.24) is 15.2 Å². The number of nitrogens with zero attached hydrogens (tertiary/aromatic N) is 5. The van der Waals surface area contributed by atoms with Crippen molar-refractivity contribution in [3.63, 3.8) is 0 Å². The molecule has 25 heavy (non-hydrogen) atoms. The zero-order valence-corrected chi connectivity index (χ0v) is 14.6. The average molecular weight is 340 g/mol. The monoisotopic (exact) mass is 340 g/mol. The molecule has 0 aliphatic carbocycles. The molecule has 2 rings (SSSR count). The van der Waals surface area contributed by atoms with Crippen LogP contribution in [0.2, 0.25) is 0 Å². The van der Waals surface area contributed by atoms with Crippen molar-refractivity contribution in [3.8, 4) is 0 Å². The van der Waals surface area contributed by atoms with Gasteiger partial charge >= 0.3 is 0 Å². The highest BCUT2D eigenvalue weighted by atomic mass is 15.2. The van der Waals surface area contributed by atoms with Gasteiger partial charge in [-0.3, -0.25) is 15.1 Å². The molecular weight excluding hydrogens is 316 g/mol. The zero-order valence-electron chi connectivity index (χ0n) is 14.6. The van der Waals surface area contributed by atoms with Crippen LogP contribution in [0, 0.1) is 0 Å². The molecule has 0 amide bonds. The molecule has 0 bridgehead atoms. The molecule has 0 saturated carbocycles. The predicted molar refractivity (Wildman–Crippen MR) is 103 cm³/mol. The molecule has 132 valence electrons. The van der Waals surface area contributed by atoms with E-state index in [2.05, 4.69) is 30.1 Å². The van der Waals surface area contributed by atoms with Crippen molar-refractivity contribution >= 4 is 29.3 Å². The van der Waals surface area contributed by atoms with Crippen LogP contribution >= 0.6 is 0 Å². The number of nitrogens with two attached hydrogens (primary N) is 2. The van der Waals surface area contributed by atoms with Crippen LogP contribution in [0.3, 0.4) is 0 Å². The maximum Gasteiger partial charge on any atom is 0.175 e. The lowest BCUT2D eigenvalue weighted by Gasteiger charge is -2.17. The number of pyridine rings is 1. The van der Waals surface area contributed by atoms with Gasteiger partial charge in [0.05, 0.1) is 30.5 Å². The van der Waals surface area contributed by atoms with Gasteiger partial charge in [-0.1, -0.05) is 6.08 Å². The number of nitrogens with one attached hydrogen (secondary N) is 1. The molecule has 0 aliphatic heterocycles. The Kier molecular flexibility index (Phi) is 6.70. The summed E-state index contributed by atoms with van der Waals surface area (Å²) in [6.07, 6.45) is 7.68. The number of aliphatic imine (C=N–C) groups is 2. The first kappa shape index (κ1) is 18.2. The molecule has 0 spiro atoms. The largest absolute Gasteiger partial charge is 0.387 e. The van der Waals surface area contributed by atoms with Crippen molar-refractivity contribution in [3.05, 3.63) is 42.4 Å². The van der Waals surface area contributed by atoms with E-state index in [1.54, 1.807) is 6.20 Å². The minimum absolute atomic E-state index is 0.308. The van der Waals surface area contributed by atoms with Gasteiger partial charge in [0, 0.05) is 25.9 Å². The van der Waals surface area contributed by atoms with Gasteiger partial charge in [-0.2, -0.15) is 5.10 Å². The lowest BCUT2D eigenvalue weighted by atomic mass is 10.3. The third-order valence-electron chi connectivity index (χ3n) is 3.39. The van der Waals surface area contributed by atoms with E-state index < -0.39 is 0 Å². The number of likely N-dealkylation sites (N-methyl/N-ethyl adjacent to an activating group) is 1. The van der Waals surface area contributed by atoms with Crippen LogP contribution in [0.25, 0.3) is 6.08 Å². The Hall–Kier alpha value is -3.16. The van der Waals surface area contributed by atoms with Crippen LogP contribution in [-0.4, -0.2) is 47.0 Å². The van der Waals surface area contributed by atoms with E-state index in [0.29, 0.717) is 30.5 Å². The van der Waals surface area contributed by atoms with Gasteiger partial charge in [0.1, 0.15) is 11.7 Å². The summed E-state index contributed by atoms with van der Waals surface area (Å²) in [4.78, 5) is 14.7. The second-order valence-electron chi connectivity index (χ2n) is 5.47. The second kappa shape index (κ2) is 9.21. The standard InChI is InChI=1S/C17H24N8/c1-3-5-13-10-17(24-23-13)22-16(19)11-15(18)21-8-9-25(2)14-6-4-7-20-12-14/h3-7,10,12H,8-9,11H2,1-2H3,(H2,18,21)(H3,19,22,23,24)/b5-3+. The highest BCUT2D eigenvalue weighted by molar-refractivity contribution is 6.01. The van der Waals surface area contributed by atoms with E-state index in [9.17, 15) is 0 Å². The van der Waals surface area contributed by atoms with E-state index in [-0.39, 0.29) is 0 Å². The minimum Gasteiger partial charge on any atom is -0.387 e. The Balaban J connectivity index is 1.84. The number of rotatable bonds is 8. The number of H-pyrrole nitrogens is 1. The van der Waals surface area contributed by atoms with Crippen molar-refractivity contribution in [2.45, 2.75) is 13.3 Å². The first-order valence-electron chi connectivity index (χ1n) is 7.99. The van der Waals surface area contributed by atoms with Gasteiger partial charge < -0.3 is 16.4 Å². The molecule has 0 atom stereocenters. The zero-order chi connectivity index (χ0) is 18.1. The molecule has 2 heterocycles. The fourth-order valence-corrected chi connectivity index (χ4v) is 2.13. The fraction of sp³-hybridized carbons (Fsp3) is 0.294. The number of aromatic nitrogens is 3. The van der Waals surface area contributed by atoms with Crippen molar-refractivity contribution < 1.29 is 0 Å². The average Bonchev–Trinajstić information content (AvgIpc) is 3.02. The van der Waals surface area contributed by atoms with E-state index in [0.717, 1.165) is 17.9 Å². The molecule has 5 N–H and O–H groups in total. The Labute approximate surface area is 147 Å². The van der Waals surface area contributed by atoms with Crippen LogP contribution in [0.4, 0.5) is 11.5 Å². The van der Waals surface area contributed by atoms with Crippen LogP contribution in [0.15, 0.2) is 46.7 Å². The molecule has 0 unspecified atom stereocenters. The smallest absolute Gasteiger partial charge is 0.175 e. The van der Waals surface area contributed by atoms with Gasteiger partial charge in [0.15, 0.2) is 5.82 Å². The Morgan fingerprint density at radius 3 is 2.92 bits per heavy atom. The number of hydrogen-bond acceptors (Lipinski definition) is 5. The topological polar surface area (TPSA) is 122 Å². The fourth-order valence-electron chi connectivity index (χ4n) is 2.13. The van der Waals surface area contributed by atoms with Gasteiger partial charge in [0.25, 0.3) is 0 Å². The van der Waals surface area contributed by atoms with Crippen molar-refractivity contribution in [1.29, 1.82) is 0 Å². The minimum atomic E-state index is 0.308. The molecular formula is C17H24N8. The third-order valence-corrected chi connectivity index (χ3v) is 3.39. The lowest BCUT2D eigenvalue weighted by molar-refractivity contribution is 0.880. The van der Waals surface area contributed by atoms with Crippen molar-refractivity contribution in [2.24, 2.45) is 21.5 Å². The number of amidine groups is 2. The summed E-state index contributed by atoms with van der Waals surface area (Å²) in [5.41, 5.74) is 13.7. The Bertz CT molecular complexity index is 745. The number of anilines is 1. The maximum atomic E-state index is 5.92. The van der Waals surface area contributed by atoms with Crippen molar-refractivity contribution in [2.75, 3.05) is 25.0 Å². The molecule has 2 aromatic heterocycles. The Morgan fingerprint density at radius 1 is 1.36 bits per heavy atom. The van der Waals surface area contributed by atoms with Gasteiger partial charge in [-0.15, -0.1) is 0 Å². The van der Waals surface area contributed by atoms with E-state index >= 15 is 0 Å². The summed E-state index contributed by atoms with van der Waals surface area (Å²) in [5, 5.41) is 6.92. The van der Waals surface area contributed by atoms with Crippen LogP contribution in [0.1, 0.15) is 19.0 Å². The van der Waals surface area contributed by atoms with E-state index in [1.807, 2.05) is 50.5 Å². The first-order valence-corrected chi connectivity index (χ1v) is 7.99. The third kappa shape index (κ3) is 6.09. The predicted octanol–water partition coefficient (Wildman–Crippen LogP) is 1.71. The Morgan fingerprint density at radius 2 is 2.20 bits per heavy atom. The van der Waals surface area contributed by atoms with E-state index in [4.69, 9.17) is 11.5 Å². The highest BCUT2D eigenvalue weighted by Crippen LogP contribution is 2.11. The van der Waals surface area contributed by atoms with E-state index in [1.165, 1.54) is 0 Å².